The van der Waals surface area contributed by atoms with E-state index in [-0.39, 0.29) is 23.3 Å². The molecule has 1 aromatic rings. The van der Waals surface area contributed by atoms with E-state index >= 15 is 0 Å². The molecule has 1 N–H and O–H groups in total. The highest BCUT2D eigenvalue weighted by molar-refractivity contribution is 9.10. The van der Waals surface area contributed by atoms with E-state index in [1.807, 2.05) is 0 Å². The van der Waals surface area contributed by atoms with Gasteiger partial charge in [-0.2, -0.15) is 0 Å². The molecule has 0 spiro atoms. The Kier molecular flexibility index (Phi) is 4.01. The number of hydrogen-bond donors (Lipinski definition) is 1. The lowest BCUT2D eigenvalue weighted by Gasteiger charge is -2.09. The van der Waals surface area contributed by atoms with Crippen LogP contribution in [0.2, 0.25) is 0 Å². The van der Waals surface area contributed by atoms with Crippen LogP contribution >= 0.6 is 15.9 Å². The summed E-state index contributed by atoms with van der Waals surface area (Å²) in [5.41, 5.74) is 0.471. The average Bonchev–Trinajstić information content (AvgIpc) is 2.67. The number of hydrogen-bond acceptors (Lipinski definition) is 4. The van der Waals surface area contributed by atoms with Crippen LogP contribution in [-0.2, 0) is 9.84 Å². The minimum absolute atomic E-state index is 0.0300. The highest BCUT2D eigenvalue weighted by Gasteiger charge is 2.27. The predicted molar refractivity (Wildman–Crippen MR) is 71.0 cm³/mol. The van der Waals surface area contributed by atoms with Gasteiger partial charge < -0.3 is 5.32 Å². The van der Waals surface area contributed by atoms with Gasteiger partial charge in [-0.15, -0.1) is 0 Å². The molecule has 1 atom stereocenters. The minimum atomic E-state index is -2.88. The average molecular weight is 333 g/mol. The third kappa shape index (κ3) is 3.52. The van der Waals surface area contributed by atoms with Crippen molar-refractivity contribution in [3.63, 3.8) is 0 Å². The summed E-state index contributed by atoms with van der Waals surface area (Å²) < 4.78 is 23.2. The summed E-state index contributed by atoms with van der Waals surface area (Å²) in [6.07, 6.45) is 2.10. The Balaban J connectivity index is 1.87. The van der Waals surface area contributed by atoms with E-state index in [1.165, 1.54) is 6.20 Å². The number of pyridine rings is 1. The van der Waals surface area contributed by atoms with E-state index in [0.717, 1.165) is 0 Å². The number of carbonyl (C=O) groups is 1. The predicted octanol–water partition coefficient (Wildman–Crippen LogP) is 1.01. The molecule has 2 heterocycles. The van der Waals surface area contributed by atoms with Gasteiger partial charge in [-0.25, -0.2) is 13.4 Å². The summed E-state index contributed by atoms with van der Waals surface area (Å²) >= 11 is 3.19. The fourth-order valence-electron chi connectivity index (χ4n) is 1.88. The van der Waals surface area contributed by atoms with Crippen LogP contribution in [0.1, 0.15) is 16.8 Å². The van der Waals surface area contributed by atoms with Gasteiger partial charge in [0.05, 0.1) is 17.1 Å². The number of nitrogens with zero attached hydrogens (tertiary/aromatic N) is 1. The molecule has 1 fully saturated rings. The first-order valence-corrected chi connectivity index (χ1v) is 8.18. The highest BCUT2D eigenvalue weighted by Crippen LogP contribution is 2.17. The van der Waals surface area contributed by atoms with Crippen molar-refractivity contribution in [2.75, 3.05) is 18.1 Å². The van der Waals surface area contributed by atoms with Gasteiger partial charge in [0.2, 0.25) is 0 Å². The van der Waals surface area contributed by atoms with Gasteiger partial charge in [-0.1, -0.05) is 0 Å². The van der Waals surface area contributed by atoms with Crippen LogP contribution in [0.5, 0.6) is 0 Å². The lowest BCUT2D eigenvalue weighted by molar-refractivity contribution is 0.0948. The lowest BCUT2D eigenvalue weighted by atomic mass is 10.1. The molecular weight excluding hydrogens is 320 g/mol. The van der Waals surface area contributed by atoms with Gasteiger partial charge in [0.15, 0.2) is 9.84 Å². The number of sulfone groups is 1. The van der Waals surface area contributed by atoms with Crippen molar-refractivity contribution in [1.29, 1.82) is 0 Å². The maximum Gasteiger partial charge on any atom is 0.252 e. The quantitative estimate of drug-likeness (QED) is 0.838. The lowest BCUT2D eigenvalue weighted by Crippen LogP contribution is -2.29. The third-order valence-electron chi connectivity index (χ3n) is 2.87. The van der Waals surface area contributed by atoms with Gasteiger partial charge in [-0.05, 0) is 40.4 Å². The van der Waals surface area contributed by atoms with Crippen LogP contribution in [-0.4, -0.2) is 37.4 Å². The molecule has 1 aliphatic rings. The van der Waals surface area contributed by atoms with E-state index in [9.17, 15) is 13.2 Å². The van der Waals surface area contributed by atoms with Gasteiger partial charge in [0.25, 0.3) is 5.91 Å². The maximum atomic E-state index is 11.8. The number of amides is 1. The Bertz CT molecular complexity index is 542. The molecule has 1 aliphatic heterocycles. The zero-order valence-electron chi connectivity index (χ0n) is 9.60. The number of aromatic nitrogens is 1. The SMILES string of the molecule is O=C(NCC1CCS(=O)(=O)C1)c1ccc(Br)nc1. The van der Waals surface area contributed by atoms with Gasteiger partial charge in [0.1, 0.15) is 4.60 Å². The van der Waals surface area contributed by atoms with Crippen LogP contribution < -0.4 is 5.32 Å². The number of halogens is 1. The second-order valence-corrected chi connectivity index (χ2v) is 7.39. The fourth-order valence-corrected chi connectivity index (χ4v) is 3.98. The topological polar surface area (TPSA) is 76.1 Å². The zero-order valence-corrected chi connectivity index (χ0v) is 12.0. The smallest absolute Gasteiger partial charge is 0.252 e. The van der Waals surface area contributed by atoms with Crippen molar-refractivity contribution in [3.8, 4) is 0 Å². The van der Waals surface area contributed by atoms with Gasteiger partial charge in [0, 0.05) is 12.7 Å². The largest absolute Gasteiger partial charge is 0.352 e. The highest BCUT2D eigenvalue weighted by atomic mass is 79.9. The normalized spacial score (nSPS) is 21.7. The molecular formula is C11H13BrN2O3S. The Morgan fingerprint density at radius 2 is 2.28 bits per heavy atom. The van der Waals surface area contributed by atoms with E-state index < -0.39 is 9.84 Å². The van der Waals surface area contributed by atoms with Crippen molar-refractivity contribution < 1.29 is 13.2 Å². The summed E-state index contributed by atoms with van der Waals surface area (Å²) in [5, 5.41) is 2.74. The van der Waals surface area contributed by atoms with E-state index in [2.05, 4.69) is 26.2 Å². The summed E-state index contributed by atoms with van der Waals surface area (Å²) in [6.45, 7) is 0.397. The fraction of sp³-hybridized carbons (Fsp3) is 0.455. The first kappa shape index (κ1) is 13.5. The van der Waals surface area contributed by atoms with Gasteiger partial charge in [-0.3, -0.25) is 4.79 Å². The van der Waals surface area contributed by atoms with E-state index in [4.69, 9.17) is 0 Å². The molecule has 98 valence electrons. The van der Waals surface area contributed by atoms with Crippen LogP contribution in [0.3, 0.4) is 0 Å². The molecule has 1 aromatic heterocycles. The van der Waals surface area contributed by atoms with Crippen molar-refractivity contribution in [2.45, 2.75) is 6.42 Å². The number of rotatable bonds is 3. The monoisotopic (exact) mass is 332 g/mol. The molecule has 1 amide bonds. The molecule has 0 radical (unpaired) electrons. The van der Waals surface area contributed by atoms with Crippen LogP contribution in [0.15, 0.2) is 22.9 Å². The Morgan fingerprint density at radius 3 is 2.83 bits per heavy atom. The Hall–Kier alpha value is -0.950. The standard InChI is InChI=1S/C11H13BrN2O3S/c12-10-2-1-9(6-13-10)11(15)14-5-8-3-4-18(16,17)7-8/h1-2,6,8H,3-5,7H2,(H,14,15). The molecule has 1 saturated heterocycles. The summed E-state index contributed by atoms with van der Waals surface area (Å²) in [5.74, 6) is 0.209. The molecule has 7 heteroatoms. The van der Waals surface area contributed by atoms with Gasteiger partial charge >= 0.3 is 0 Å². The van der Waals surface area contributed by atoms with Crippen molar-refractivity contribution in [3.05, 3.63) is 28.5 Å². The molecule has 18 heavy (non-hydrogen) atoms. The minimum Gasteiger partial charge on any atom is -0.352 e. The van der Waals surface area contributed by atoms with Crippen molar-refractivity contribution in [1.82, 2.24) is 10.3 Å². The molecule has 1 unspecified atom stereocenters. The zero-order chi connectivity index (χ0) is 13.2. The van der Waals surface area contributed by atoms with E-state index in [1.54, 1.807) is 12.1 Å². The molecule has 5 nitrogen and oxygen atoms in total. The Labute approximate surface area is 114 Å². The Morgan fingerprint density at radius 1 is 1.50 bits per heavy atom. The second kappa shape index (κ2) is 5.36. The first-order chi connectivity index (χ1) is 8.46. The van der Waals surface area contributed by atoms with Crippen molar-refractivity contribution in [2.24, 2.45) is 5.92 Å². The number of nitrogens with one attached hydrogen (secondary N) is 1. The third-order valence-corrected chi connectivity index (χ3v) is 5.17. The summed E-state index contributed by atoms with van der Waals surface area (Å²) in [7, 11) is -2.88. The molecule has 0 aromatic carbocycles. The van der Waals surface area contributed by atoms with E-state index in [0.29, 0.717) is 23.1 Å². The maximum absolute atomic E-state index is 11.8. The van der Waals surface area contributed by atoms with Crippen molar-refractivity contribution >= 4 is 31.7 Å². The first-order valence-electron chi connectivity index (χ1n) is 5.56. The number of carbonyl (C=O) groups excluding carboxylic acids is 1. The molecule has 0 bridgehead atoms. The summed E-state index contributed by atoms with van der Waals surface area (Å²) in [6, 6.07) is 3.35. The second-order valence-electron chi connectivity index (χ2n) is 4.35. The summed E-state index contributed by atoms with van der Waals surface area (Å²) in [4.78, 5) is 15.7. The molecule has 2 rings (SSSR count). The van der Waals surface area contributed by atoms with Crippen LogP contribution in [0.25, 0.3) is 0 Å². The molecule has 0 saturated carbocycles. The van der Waals surface area contributed by atoms with Crippen LogP contribution in [0, 0.1) is 5.92 Å². The van der Waals surface area contributed by atoms with Crippen LogP contribution in [0.4, 0.5) is 0 Å². The molecule has 0 aliphatic carbocycles.